The molecule has 6 nitrogen and oxygen atoms in total. The first-order valence-corrected chi connectivity index (χ1v) is 18.6. The van der Waals surface area contributed by atoms with E-state index in [1.165, 1.54) is 16.0 Å². The predicted molar refractivity (Wildman–Crippen MR) is 178 cm³/mol. The summed E-state index contributed by atoms with van der Waals surface area (Å²) >= 11 is 0. The molecule has 0 saturated heterocycles. The van der Waals surface area contributed by atoms with E-state index >= 15 is 0 Å². The molecule has 0 radical (unpaired) electrons. The molecular weight excluding hydrogens is 554 g/mol. The van der Waals surface area contributed by atoms with Crippen LogP contribution in [0.3, 0.4) is 0 Å². The van der Waals surface area contributed by atoms with Crippen LogP contribution < -0.4 is 0 Å². The lowest BCUT2D eigenvalue weighted by Gasteiger charge is -2.43. The normalized spacial score (nSPS) is 16.7. The lowest BCUT2D eigenvalue weighted by atomic mass is 9.86. The maximum Gasteiger partial charge on any atom is 0.410 e. The molecule has 5 atom stereocenters. The van der Waals surface area contributed by atoms with Crippen molar-refractivity contribution in [1.82, 2.24) is 4.90 Å². The summed E-state index contributed by atoms with van der Waals surface area (Å²) in [6, 6.07) is 15.6. The van der Waals surface area contributed by atoms with E-state index in [-0.39, 0.29) is 41.6 Å². The summed E-state index contributed by atoms with van der Waals surface area (Å²) in [6.07, 6.45) is 2.36. The van der Waals surface area contributed by atoms with Gasteiger partial charge < -0.3 is 13.9 Å². The Morgan fingerprint density at radius 1 is 1.00 bits per heavy atom. The number of rotatable bonds is 13. The fourth-order valence-corrected chi connectivity index (χ4v) is 6.94. The van der Waals surface area contributed by atoms with Gasteiger partial charge >= 0.3 is 12.1 Å². The summed E-state index contributed by atoms with van der Waals surface area (Å²) in [5.41, 5.74) is 4.63. The first-order chi connectivity index (χ1) is 20.1. The molecule has 1 amide bonds. The van der Waals surface area contributed by atoms with Gasteiger partial charge in [-0.2, -0.15) is 0 Å². The van der Waals surface area contributed by atoms with Crippen molar-refractivity contribution >= 4 is 20.4 Å². The zero-order valence-electron chi connectivity index (χ0n) is 28.0. The molecule has 2 aromatic rings. The quantitative estimate of drug-likeness (QED) is 0.129. The molecule has 0 aromatic heterocycles. The fourth-order valence-electron chi connectivity index (χ4n) is 5.52. The number of benzene rings is 2. The first-order valence-electron chi connectivity index (χ1n) is 15.7. The summed E-state index contributed by atoms with van der Waals surface area (Å²) in [5, 5.41) is 0.0505. The molecule has 0 bridgehead atoms. The first kappa shape index (κ1) is 34.6. The third-order valence-electron chi connectivity index (χ3n) is 9.76. The highest BCUT2D eigenvalue weighted by atomic mass is 28.4. The average Bonchev–Trinajstić information content (AvgIpc) is 3.29. The van der Waals surface area contributed by atoms with Gasteiger partial charge in [0, 0.05) is 18.9 Å². The van der Waals surface area contributed by atoms with E-state index in [1.807, 2.05) is 30.3 Å². The van der Waals surface area contributed by atoms with E-state index in [2.05, 4.69) is 85.5 Å². The molecule has 0 aliphatic heterocycles. The second kappa shape index (κ2) is 14.3. The maximum atomic E-state index is 13.5. The van der Waals surface area contributed by atoms with Crippen molar-refractivity contribution in [2.75, 3.05) is 13.7 Å². The fraction of sp³-hybridized carbons (Fsp3) is 0.556. The average molecular weight is 608 g/mol. The van der Waals surface area contributed by atoms with Crippen LogP contribution >= 0.6 is 0 Å². The van der Waals surface area contributed by atoms with Crippen LogP contribution in [0.2, 0.25) is 18.1 Å². The number of hydrogen-bond acceptors (Lipinski definition) is 5. The minimum absolute atomic E-state index is 0.0505. The molecule has 0 unspecified atom stereocenters. The Morgan fingerprint density at radius 3 is 2.02 bits per heavy atom. The Balaban J connectivity index is 1.69. The number of likely N-dealkylation sites (N-methyl/N-ethyl adjacent to an activating group) is 1. The number of hydrogen-bond donors (Lipinski definition) is 0. The Hall–Kier alpha value is -2.90. The van der Waals surface area contributed by atoms with Crippen molar-refractivity contribution in [3.8, 4) is 11.1 Å². The summed E-state index contributed by atoms with van der Waals surface area (Å²) in [4.78, 5) is 28.0. The van der Waals surface area contributed by atoms with Gasteiger partial charge in [-0.3, -0.25) is 4.90 Å². The van der Waals surface area contributed by atoms with Gasteiger partial charge in [-0.1, -0.05) is 103 Å². The van der Waals surface area contributed by atoms with Crippen LogP contribution in [-0.4, -0.2) is 57.2 Å². The van der Waals surface area contributed by atoms with Crippen molar-refractivity contribution in [3.05, 3.63) is 72.3 Å². The summed E-state index contributed by atoms with van der Waals surface area (Å²) in [7, 11) is -0.485. The van der Waals surface area contributed by atoms with Crippen molar-refractivity contribution in [1.29, 1.82) is 0 Å². The van der Waals surface area contributed by atoms with Crippen LogP contribution in [0.5, 0.6) is 0 Å². The van der Waals surface area contributed by atoms with Gasteiger partial charge in [-0.25, -0.2) is 9.59 Å². The van der Waals surface area contributed by atoms with Crippen LogP contribution in [0.4, 0.5) is 4.79 Å². The molecule has 0 fully saturated rings. The third kappa shape index (κ3) is 7.79. The number of amides is 1. The van der Waals surface area contributed by atoms with Gasteiger partial charge in [-0.05, 0) is 59.6 Å². The number of ether oxygens (including phenoxy) is 2. The van der Waals surface area contributed by atoms with E-state index in [4.69, 9.17) is 13.9 Å². The van der Waals surface area contributed by atoms with Gasteiger partial charge in [0.15, 0.2) is 8.32 Å². The lowest BCUT2D eigenvalue weighted by Crippen LogP contribution is -2.49. The van der Waals surface area contributed by atoms with E-state index in [0.29, 0.717) is 6.42 Å². The molecule has 7 heteroatoms. The Morgan fingerprint density at radius 2 is 1.53 bits per heavy atom. The molecule has 43 heavy (non-hydrogen) atoms. The van der Waals surface area contributed by atoms with E-state index in [0.717, 1.165) is 17.5 Å². The smallest absolute Gasteiger partial charge is 0.410 e. The minimum Gasteiger partial charge on any atom is -0.460 e. The van der Waals surface area contributed by atoms with Crippen molar-refractivity contribution < 1.29 is 23.5 Å². The monoisotopic (exact) mass is 607 g/mol. The predicted octanol–water partition coefficient (Wildman–Crippen LogP) is 8.82. The second-order valence-corrected chi connectivity index (χ2v) is 18.4. The van der Waals surface area contributed by atoms with Gasteiger partial charge in [0.05, 0.1) is 6.10 Å². The van der Waals surface area contributed by atoms with Crippen LogP contribution in [0, 0.1) is 11.8 Å². The van der Waals surface area contributed by atoms with Crippen LogP contribution in [-0.2, 0) is 18.7 Å². The SMILES string of the molecule is C=CC[C@H](O[Si](C)(C)C(C)(C)C)[C@H](C)[C@H](OC(=O)[C@H](C)N(C)C(=O)OCC1c2ccccc2-c2ccccc21)[C@@H](C)CC. The zero-order valence-corrected chi connectivity index (χ0v) is 29.0. The van der Waals surface area contributed by atoms with E-state index < -0.39 is 26.4 Å². The number of carbonyl (C=O) groups is 2. The van der Waals surface area contributed by atoms with Crippen molar-refractivity contribution in [3.63, 3.8) is 0 Å². The van der Waals surface area contributed by atoms with Gasteiger partial charge in [-0.15, -0.1) is 6.58 Å². The number of nitrogens with zero attached hydrogens (tertiary/aromatic N) is 1. The molecule has 0 spiro atoms. The topological polar surface area (TPSA) is 65.1 Å². The Kier molecular flexibility index (Phi) is 11.5. The highest BCUT2D eigenvalue weighted by molar-refractivity contribution is 6.74. The second-order valence-electron chi connectivity index (χ2n) is 13.7. The molecule has 2 aromatic carbocycles. The Labute approximate surface area is 260 Å². The molecule has 0 heterocycles. The Bertz CT molecular complexity index is 1220. The van der Waals surface area contributed by atoms with Gasteiger partial charge in [0.25, 0.3) is 0 Å². The molecule has 1 aliphatic carbocycles. The van der Waals surface area contributed by atoms with Crippen LogP contribution in [0.25, 0.3) is 11.1 Å². The summed E-state index contributed by atoms with van der Waals surface area (Å²) in [6.45, 7) is 23.3. The van der Waals surface area contributed by atoms with E-state index in [1.54, 1.807) is 14.0 Å². The van der Waals surface area contributed by atoms with Crippen molar-refractivity contribution in [2.24, 2.45) is 11.8 Å². The number of esters is 1. The zero-order chi connectivity index (χ0) is 32.1. The third-order valence-corrected chi connectivity index (χ3v) is 14.3. The van der Waals surface area contributed by atoms with Crippen LogP contribution in [0.1, 0.15) is 78.4 Å². The van der Waals surface area contributed by atoms with E-state index in [9.17, 15) is 9.59 Å². The largest absolute Gasteiger partial charge is 0.460 e. The molecule has 0 N–H and O–H groups in total. The van der Waals surface area contributed by atoms with Gasteiger partial charge in [0.2, 0.25) is 0 Å². The molecule has 1 aliphatic rings. The number of carbonyl (C=O) groups excluding carboxylic acids is 2. The standard InChI is InChI=1S/C36H53NO5Si/c1-12-18-32(42-43(10,11)36(6,7)8)25(4)33(24(3)13-2)41-34(38)26(5)37(9)35(39)40-23-31-29-21-16-14-19-27(29)28-20-15-17-22-30(28)31/h12,14-17,19-22,24-26,31-33H,1,13,18,23H2,2-11H3/t24-,25-,26-,32-,33+/m0/s1. The minimum atomic E-state index is -2.08. The number of fused-ring (bicyclic) bond motifs is 3. The molecule has 0 saturated carbocycles. The molecular formula is C36H53NO5Si. The maximum absolute atomic E-state index is 13.5. The van der Waals surface area contributed by atoms with Crippen molar-refractivity contribution in [2.45, 2.75) is 104 Å². The highest BCUT2D eigenvalue weighted by Gasteiger charge is 2.42. The van der Waals surface area contributed by atoms with Crippen LogP contribution in [0.15, 0.2) is 61.2 Å². The molecule has 236 valence electrons. The highest BCUT2D eigenvalue weighted by Crippen LogP contribution is 2.44. The summed E-state index contributed by atoms with van der Waals surface area (Å²) in [5.74, 6) is -0.442. The summed E-state index contributed by atoms with van der Waals surface area (Å²) < 4.78 is 18.8. The lowest BCUT2D eigenvalue weighted by molar-refractivity contribution is -0.162. The van der Waals surface area contributed by atoms with Gasteiger partial charge in [0.1, 0.15) is 18.8 Å². The molecule has 3 rings (SSSR count).